The van der Waals surface area contributed by atoms with Gasteiger partial charge in [-0.1, -0.05) is 54.6 Å². The van der Waals surface area contributed by atoms with Crippen LogP contribution in [0.4, 0.5) is 0 Å². The average molecular weight is 395 g/mol. The summed E-state index contributed by atoms with van der Waals surface area (Å²) in [4.78, 5) is 27.1. The van der Waals surface area contributed by atoms with Crippen molar-refractivity contribution < 1.29 is 14.3 Å². The fourth-order valence-electron chi connectivity index (χ4n) is 3.61. The van der Waals surface area contributed by atoms with Gasteiger partial charge in [0.15, 0.2) is 0 Å². The second-order valence-electron chi connectivity index (χ2n) is 7.51. The number of carbonyl (C=O) groups is 2. The fraction of sp³-hybridized carbons (Fsp3) is 0.417. The first kappa shape index (κ1) is 21.1. The number of piperidine rings is 1. The van der Waals surface area contributed by atoms with Gasteiger partial charge in [0, 0.05) is 26.2 Å². The Morgan fingerprint density at radius 3 is 2.48 bits per heavy atom. The lowest BCUT2D eigenvalue weighted by Gasteiger charge is -2.32. The van der Waals surface area contributed by atoms with Crippen LogP contribution >= 0.6 is 0 Å². The van der Waals surface area contributed by atoms with Crippen LogP contribution in [0.3, 0.4) is 0 Å². The minimum absolute atomic E-state index is 0.0283. The molecule has 1 unspecified atom stereocenters. The fourth-order valence-corrected chi connectivity index (χ4v) is 3.61. The number of benzene rings is 2. The highest BCUT2D eigenvalue weighted by atomic mass is 16.5. The lowest BCUT2D eigenvalue weighted by Crippen LogP contribution is -2.45. The van der Waals surface area contributed by atoms with Crippen LogP contribution in [0.2, 0.25) is 0 Å². The number of hydrogen-bond donors (Lipinski definition) is 1. The second-order valence-corrected chi connectivity index (χ2v) is 7.51. The minimum Gasteiger partial charge on any atom is -0.377 e. The molecule has 5 heteroatoms. The van der Waals surface area contributed by atoms with E-state index in [9.17, 15) is 9.59 Å². The molecule has 0 aromatic heterocycles. The summed E-state index contributed by atoms with van der Waals surface area (Å²) < 4.78 is 5.40. The van der Waals surface area contributed by atoms with Gasteiger partial charge in [-0.3, -0.25) is 9.59 Å². The summed E-state index contributed by atoms with van der Waals surface area (Å²) in [5, 5.41) is 3.03. The van der Waals surface area contributed by atoms with E-state index in [0.717, 1.165) is 36.1 Å². The molecule has 0 aliphatic carbocycles. The van der Waals surface area contributed by atoms with Gasteiger partial charge in [-0.25, -0.2) is 0 Å². The molecule has 1 aliphatic heterocycles. The maximum absolute atomic E-state index is 12.6. The third-order valence-electron chi connectivity index (χ3n) is 5.31. The van der Waals surface area contributed by atoms with E-state index in [1.807, 2.05) is 66.4 Å². The summed E-state index contributed by atoms with van der Waals surface area (Å²) in [6.07, 6.45) is 2.09. The summed E-state index contributed by atoms with van der Waals surface area (Å²) in [5.74, 6) is -0.0140. The van der Waals surface area contributed by atoms with E-state index >= 15 is 0 Å². The molecule has 1 atom stereocenters. The normalized spacial score (nSPS) is 16.4. The van der Waals surface area contributed by atoms with Gasteiger partial charge in [-0.05, 0) is 36.5 Å². The van der Waals surface area contributed by atoms with Crippen LogP contribution in [0.15, 0.2) is 54.6 Å². The van der Waals surface area contributed by atoms with Crippen LogP contribution in [-0.2, 0) is 33.9 Å². The Morgan fingerprint density at radius 1 is 1.03 bits per heavy atom. The van der Waals surface area contributed by atoms with Crippen molar-refractivity contribution in [2.24, 2.45) is 5.92 Å². The number of carbonyl (C=O) groups excluding carboxylic acids is 2. The van der Waals surface area contributed by atoms with Crippen molar-refractivity contribution in [3.63, 3.8) is 0 Å². The smallest absolute Gasteiger partial charge is 0.227 e. The number of amides is 2. The molecule has 2 aromatic carbocycles. The van der Waals surface area contributed by atoms with Crippen molar-refractivity contribution >= 4 is 11.8 Å². The van der Waals surface area contributed by atoms with E-state index < -0.39 is 0 Å². The lowest BCUT2D eigenvalue weighted by molar-refractivity contribution is -0.135. The van der Waals surface area contributed by atoms with Crippen LogP contribution in [0.25, 0.3) is 0 Å². The van der Waals surface area contributed by atoms with Gasteiger partial charge >= 0.3 is 0 Å². The van der Waals surface area contributed by atoms with Crippen molar-refractivity contribution in [1.82, 2.24) is 10.2 Å². The quantitative estimate of drug-likeness (QED) is 0.747. The van der Waals surface area contributed by atoms with Gasteiger partial charge in [0.2, 0.25) is 11.8 Å². The average Bonchev–Trinajstić information content (AvgIpc) is 2.77. The molecule has 1 fully saturated rings. The molecule has 1 aliphatic rings. The number of nitrogens with one attached hydrogen (secondary N) is 1. The van der Waals surface area contributed by atoms with E-state index in [1.165, 1.54) is 0 Å². The topological polar surface area (TPSA) is 58.6 Å². The van der Waals surface area contributed by atoms with E-state index in [-0.39, 0.29) is 17.7 Å². The standard InChI is InChI=1S/C24H30N2O3/c1-2-29-18-21-12-10-20(11-13-21)16-25-24(28)22-9-6-14-26(17-22)23(27)15-19-7-4-3-5-8-19/h3-5,7-8,10-13,22H,2,6,9,14-18H2,1H3,(H,25,28). The molecule has 154 valence electrons. The number of hydrogen-bond acceptors (Lipinski definition) is 3. The Morgan fingerprint density at radius 2 is 1.76 bits per heavy atom. The Kier molecular flexibility index (Phi) is 7.82. The number of rotatable bonds is 8. The van der Waals surface area contributed by atoms with Crippen molar-refractivity contribution in [2.75, 3.05) is 19.7 Å². The van der Waals surface area contributed by atoms with Crippen molar-refractivity contribution in [2.45, 2.75) is 39.3 Å². The largest absolute Gasteiger partial charge is 0.377 e. The molecule has 1 N–H and O–H groups in total. The molecule has 1 heterocycles. The molecule has 29 heavy (non-hydrogen) atoms. The lowest BCUT2D eigenvalue weighted by atomic mass is 9.96. The molecule has 3 rings (SSSR count). The third kappa shape index (κ3) is 6.43. The summed E-state index contributed by atoms with van der Waals surface area (Å²) in [6.45, 7) is 5.03. The highest BCUT2D eigenvalue weighted by Crippen LogP contribution is 2.18. The van der Waals surface area contributed by atoms with E-state index in [4.69, 9.17) is 4.74 Å². The Labute approximate surface area is 173 Å². The highest BCUT2D eigenvalue weighted by Gasteiger charge is 2.28. The second kappa shape index (κ2) is 10.8. The van der Waals surface area contributed by atoms with E-state index in [0.29, 0.717) is 32.7 Å². The Balaban J connectivity index is 1.47. The predicted octanol–water partition coefficient (Wildman–Crippen LogP) is 3.32. The summed E-state index contributed by atoms with van der Waals surface area (Å²) in [6, 6.07) is 17.9. The number of ether oxygens (including phenoxy) is 1. The molecule has 0 radical (unpaired) electrons. The predicted molar refractivity (Wildman–Crippen MR) is 113 cm³/mol. The Bertz CT molecular complexity index is 790. The first-order valence-electron chi connectivity index (χ1n) is 10.4. The zero-order chi connectivity index (χ0) is 20.5. The first-order valence-corrected chi connectivity index (χ1v) is 10.4. The molecule has 0 spiro atoms. The van der Waals surface area contributed by atoms with Gasteiger partial charge < -0.3 is 15.0 Å². The number of nitrogens with zero attached hydrogens (tertiary/aromatic N) is 1. The van der Waals surface area contributed by atoms with Crippen LogP contribution in [0, 0.1) is 5.92 Å². The van der Waals surface area contributed by atoms with E-state index in [1.54, 1.807) is 0 Å². The van der Waals surface area contributed by atoms with Gasteiger partial charge in [0.25, 0.3) is 0 Å². The molecule has 0 saturated carbocycles. The van der Waals surface area contributed by atoms with Crippen molar-refractivity contribution in [1.29, 1.82) is 0 Å². The SMILES string of the molecule is CCOCc1ccc(CNC(=O)C2CCCN(C(=O)Cc3ccccc3)C2)cc1. The minimum atomic E-state index is -0.138. The number of likely N-dealkylation sites (tertiary alicyclic amines) is 1. The van der Waals surface area contributed by atoms with Gasteiger partial charge in [-0.2, -0.15) is 0 Å². The first-order chi connectivity index (χ1) is 14.2. The molecule has 2 aromatic rings. The van der Waals surface area contributed by atoms with Crippen LogP contribution in [-0.4, -0.2) is 36.4 Å². The molecule has 2 amide bonds. The van der Waals surface area contributed by atoms with Gasteiger partial charge in [0.05, 0.1) is 18.9 Å². The van der Waals surface area contributed by atoms with Crippen molar-refractivity contribution in [3.05, 3.63) is 71.3 Å². The highest BCUT2D eigenvalue weighted by molar-refractivity contribution is 5.82. The summed E-state index contributed by atoms with van der Waals surface area (Å²) in [5.41, 5.74) is 3.20. The molecule has 0 bridgehead atoms. The van der Waals surface area contributed by atoms with Crippen LogP contribution in [0.5, 0.6) is 0 Å². The molecule has 5 nitrogen and oxygen atoms in total. The molecular weight excluding hydrogens is 364 g/mol. The van der Waals surface area contributed by atoms with Gasteiger partial charge in [0.1, 0.15) is 0 Å². The van der Waals surface area contributed by atoms with Crippen LogP contribution in [0.1, 0.15) is 36.5 Å². The zero-order valence-electron chi connectivity index (χ0n) is 17.1. The van der Waals surface area contributed by atoms with E-state index in [2.05, 4.69) is 5.32 Å². The maximum atomic E-state index is 12.6. The van der Waals surface area contributed by atoms with Gasteiger partial charge in [-0.15, -0.1) is 0 Å². The summed E-state index contributed by atoms with van der Waals surface area (Å²) in [7, 11) is 0. The molecular formula is C24H30N2O3. The monoisotopic (exact) mass is 394 g/mol. The zero-order valence-corrected chi connectivity index (χ0v) is 17.1. The maximum Gasteiger partial charge on any atom is 0.227 e. The van der Waals surface area contributed by atoms with Crippen LogP contribution < -0.4 is 5.32 Å². The summed E-state index contributed by atoms with van der Waals surface area (Å²) >= 11 is 0. The molecule has 1 saturated heterocycles. The van der Waals surface area contributed by atoms with Crippen molar-refractivity contribution in [3.8, 4) is 0 Å². The Hall–Kier alpha value is -2.66. The third-order valence-corrected chi connectivity index (χ3v) is 5.31.